The zero-order valence-corrected chi connectivity index (χ0v) is 17.2. The first-order chi connectivity index (χ1) is 14.7. The van der Waals surface area contributed by atoms with Gasteiger partial charge in [0.25, 0.3) is 0 Å². The van der Waals surface area contributed by atoms with Gasteiger partial charge in [0.1, 0.15) is 5.01 Å². The lowest BCUT2D eigenvalue weighted by molar-refractivity contribution is 0.207. The van der Waals surface area contributed by atoms with Crippen LogP contribution in [0.4, 0.5) is 5.13 Å². The van der Waals surface area contributed by atoms with Gasteiger partial charge in [0.2, 0.25) is 11.0 Å². The summed E-state index contributed by atoms with van der Waals surface area (Å²) in [4.78, 5) is 8.29. The number of pyridine rings is 2. The number of benzene rings is 1. The van der Waals surface area contributed by atoms with Gasteiger partial charge in [0.05, 0.1) is 6.61 Å². The maximum atomic E-state index is 10.4. The minimum absolute atomic E-state index is 0.256. The number of aromatic nitrogens is 4. The van der Waals surface area contributed by atoms with Crippen LogP contribution >= 0.6 is 11.3 Å². The number of anilines is 1. The van der Waals surface area contributed by atoms with E-state index in [0.717, 1.165) is 10.6 Å². The van der Waals surface area contributed by atoms with Crippen molar-refractivity contribution >= 4 is 16.5 Å². The van der Waals surface area contributed by atoms with Crippen LogP contribution in [-0.2, 0) is 0 Å². The summed E-state index contributed by atoms with van der Waals surface area (Å²) in [5, 5.41) is 22.9. The molecule has 152 valence electrons. The predicted molar refractivity (Wildman–Crippen MR) is 116 cm³/mol. The molecule has 0 saturated carbocycles. The highest BCUT2D eigenvalue weighted by atomic mass is 32.1. The molecule has 7 nitrogen and oxygen atoms in total. The molecule has 0 spiro atoms. The summed E-state index contributed by atoms with van der Waals surface area (Å²) in [6.07, 6.45) is 4.04. The number of hydrogen-bond donors (Lipinski definition) is 2. The van der Waals surface area contributed by atoms with Crippen molar-refractivity contribution in [3.05, 3.63) is 84.3 Å². The summed E-state index contributed by atoms with van der Waals surface area (Å²) < 4.78 is 5.79. The molecule has 0 aliphatic heterocycles. The molecule has 1 aromatic carbocycles. The second-order valence-electron chi connectivity index (χ2n) is 6.75. The Bertz CT molecular complexity index is 1060. The Labute approximate surface area is 178 Å². The summed E-state index contributed by atoms with van der Waals surface area (Å²) in [5.74, 6) is 0.775. The molecule has 0 radical (unpaired) electrons. The van der Waals surface area contributed by atoms with Crippen LogP contribution in [0.15, 0.2) is 73.2 Å². The highest BCUT2D eigenvalue weighted by Gasteiger charge is 2.13. The number of nitrogens with one attached hydrogen (secondary N) is 1. The number of nitrogens with zero attached hydrogens (tertiary/aromatic N) is 4. The lowest BCUT2D eigenvalue weighted by Gasteiger charge is -2.14. The van der Waals surface area contributed by atoms with E-state index in [1.54, 1.807) is 30.7 Å². The molecule has 8 heteroatoms. The Morgan fingerprint density at radius 1 is 1.00 bits per heavy atom. The molecule has 3 aromatic heterocycles. The first-order valence-electron chi connectivity index (χ1n) is 9.51. The van der Waals surface area contributed by atoms with Crippen molar-refractivity contribution in [1.82, 2.24) is 20.2 Å². The fourth-order valence-electron chi connectivity index (χ4n) is 2.82. The molecule has 0 saturated heterocycles. The Kier molecular flexibility index (Phi) is 6.26. The zero-order chi connectivity index (χ0) is 20.8. The van der Waals surface area contributed by atoms with Crippen LogP contribution in [0.2, 0.25) is 0 Å². The summed E-state index contributed by atoms with van der Waals surface area (Å²) >= 11 is 1.36. The summed E-state index contributed by atoms with van der Waals surface area (Å²) in [7, 11) is 0. The standard InChI is InChI=1S/C22H21N5O2S/c1-15(16-5-3-2-4-6-16)14-29-19-8-7-18(13-24-19)20(28)25-22-27-26-21(30-22)17-9-11-23-12-10-17/h2-13,15,20,28H,14H2,1H3,(H,25,27)/t15-,20?/m0/s1. The minimum Gasteiger partial charge on any atom is -0.477 e. The number of aliphatic hydroxyl groups is 1. The number of rotatable bonds is 8. The monoisotopic (exact) mass is 419 g/mol. The van der Waals surface area contributed by atoms with E-state index in [-0.39, 0.29) is 5.92 Å². The van der Waals surface area contributed by atoms with Crippen LogP contribution in [0, 0.1) is 0 Å². The van der Waals surface area contributed by atoms with Crippen molar-refractivity contribution in [1.29, 1.82) is 0 Å². The van der Waals surface area contributed by atoms with Gasteiger partial charge in [-0.05, 0) is 23.8 Å². The average molecular weight is 420 g/mol. The smallest absolute Gasteiger partial charge is 0.213 e. The zero-order valence-electron chi connectivity index (χ0n) is 16.3. The van der Waals surface area contributed by atoms with E-state index in [1.807, 2.05) is 30.3 Å². The van der Waals surface area contributed by atoms with Gasteiger partial charge in [-0.15, -0.1) is 10.2 Å². The van der Waals surface area contributed by atoms with Gasteiger partial charge in [-0.1, -0.05) is 48.6 Å². The van der Waals surface area contributed by atoms with Gasteiger partial charge < -0.3 is 15.2 Å². The van der Waals surface area contributed by atoms with Crippen LogP contribution in [0.1, 0.15) is 30.2 Å². The maximum absolute atomic E-state index is 10.4. The van der Waals surface area contributed by atoms with Crippen molar-refractivity contribution in [2.45, 2.75) is 19.1 Å². The SMILES string of the molecule is C[C@@H](COc1ccc(C(O)Nc2nnc(-c3ccncc3)s2)cn1)c1ccccc1. The summed E-state index contributed by atoms with van der Waals surface area (Å²) in [6.45, 7) is 2.64. The normalized spacial score (nSPS) is 12.9. The van der Waals surface area contributed by atoms with E-state index < -0.39 is 6.23 Å². The fraction of sp³-hybridized carbons (Fsp3) is 0.182. The highest BCUT2D eigenvalue weighted by molar-refractivity contribution is 7.18. The van der Waals surface area contributed by atoms with Gasteiger partial charge in [-0.25, -0.2) is 4.98 Å². The maximum Gasteiger partial charge on any atom is 0.213 e. The van der Waals surface area contributed by atoms with E-state index in [9.17, 15) is 5.11 Å². The van der Waals surface area contributed by atoms with Crippen molar-refractivity contribution in [2.75, 3.05) is 11.9 Å². The molecule has 2 atom stereocenters. The molecule has 3 heterocycles. The lowest BCUT2D eigenvalue weighted by Crippen LogP contribution is -2.11. The van der Waals surface area contributed by atoms with Gasteiger partial charge in [-0.2, -0.15) is 0 Å². The van der Waals surface area contributed by atoms with E-state index in [0.29, 0.717) is 23.2 Å². The molecular weight excluding hydrogens is 398 g/mol. The summed E-state index contributed by atoms with van der Waals surface area (Å²) in [5.41, 5.74) is 2.76. The van der Waals surface area contributed by atoms with Crippen molar-refractivity contribution in [3.8, 4) is 16.5 Å². The Morgan fingerprint density at radius 2 is 1.80 bits per heavy atom. The molecule has 0 fully saturated rings. The van der Waals surface area contributed by atoms with Gasteiger partial charge >= 0.3 is 0 Å². The van der Waals surface area contributed by atoms with Crippen molar-refractivity contribution < 1.29 is 9.84 Å². The van der Waals surface area contributed by atoms with Crippen molar-refractivity contribution in [3.63, 3.8) is 0 Å². The minimum atomic E-state index is -0.951. The third-order valence-corrected chi connectivity index (χ3v) is 5.44. The molecule has 4 aromatic rings. The Hall–Kier alpha value is -3.36. The van der Waals surface area contributed by atoms with Crippen LogP contribution in [0.25, 0.3) is 10.6 Å². The van der Waals surface area contributed by atoms with Crippen molar-refractivity contribution in [2.24, 2.45) is 0 Å². The van der Waals surface area contributed by atoms with Crippen LogP contribution in [-0.4, -0.2) is 31.9 Å². The molecule has 0 aliphatic rings. The second kappa shape index (κ2) is 9.43. The molecule has 2 N–H and O–H groups in total. The highest BCUT2D eigenvalue weighted by Crippen LogP contribution is 2.28. The molecule has 1 unspecified atom stereocenters. The predicted octanol–water partition coefficient (Wildman–Crippen LogP) is 4.28. The lowest BCUT2D eigenvalue weighted by atomic mass is 10.0. The number of ether oxygens (including phenoxy) is 1. The Morgan fingerprint density at radius 3 is 2.53 bits per heavy atom. The second-order valence-corrected chi connectivity index (χ2v) is 7.73. The van der Waals surface area contributed by atoms with Gasteiger partial charge in [0.15, 0.2) is 6.23 Å². The Balaban J connectivity index is 1.33. The quantitative estimate of drug-likeness (QED) is 0.412. The van der Waals surface area contributed by atoms with Gasteiger partial charge in [0, 0.05) is 41.7 Å². The van der Waals surface area contributed by atoms with Gasteiger partial charge in [-0.3, -0.25) is 4.98 Å². The van der Waals surface area contributed by atoms with E-state index >= 15 is 0 Å². The summed E-state index contributed by atoms with van der Waals surface area (Å²) in [6, 6.07) is 17.5. The number of hydrogen-bond acceptors (Lipinski definition) is 8. The van der Waals surface area contributed by atoms with Crippen LogP contribution < -0.4 is 10.1 Å². The van der Waals surface area contributed by atoms with E-state index in [1.165, 1.54) is 16.9 Å². The first kappa shape index (κ1) is 19.9. The van der Waals surface area contributed by atoms with Crippen LogP contribution in [0.5, 0.6) is 5.88 Å². The molecule has 0 bridgehead atoms. The molecular formula is C22H21N5O2S. The topological polar surface area (TPSA) is 93.1 Å². The third-order valence-electron chi connectivity index (χ3n) is 4.54. The van der Waals surface area contributed by atoms with Crippen LogP contribution in [0.3, 0.4) is 0 Å². The fourth-order valence-corrected chi connectivity index (χ4v) is 3.59. The molecule has 30 heavy (non-hydrogen) atoms. The average Bonchev–Trinajstić information content (AvgIpc) is 3.27. The molecule has 4 rings (SSSR count). The molecule has 0 aliphatic carbocycles. The molecule has 0 amide bonds. The van der Waals surface area contributed by atoms with E-state index in [4.69, 9.17) is 4.74 Å². The number of aliphatic hydroxyl groups excluding tert-OH is 1. The first-order valence-corrected chi connectivity index (χ1v) is 10.3. The van der Waals surface area contributed by atoms with E-state index in [2.05, 4.69) is 44.5 Å². The largest absolute Gasteiger partial charge is 0.477 e. The third kappa shape index (κ3) is 4.97.